The SMILES string of the molecule is Nc1ccccc1Nc1cc(-c2cccs2)nn1-c1ccccc1. The molecule has 2 aromatic heterocycles. The van der Waals surface area contributed by atoms with E-state index in [1.54, 1.807) is 11.3 Å². The van der Waals surface area contributed by atoms with Gasteiger partial charge in [-0.15, -0.1) is 11.3 Å². The molecule has 2 heterocycles. The standard InChI is InChI=1S/C19H16N4S/c20-15-9-4-5-10-16(15)21-19-13-17(18-11-6-12-24-18)22-23(19)14-7-2-1-3-8-14/h1-13,21H,20H2. The first kappa shape index (κ1) is 14.5. The summed E-state index contributed by atoms with van der Waals surface area (Å²) < 4.78 is 1.90. The Morgan fingerprint density at radius 3 is 2.46 bits per heavy atom. The fourth-order valence-electron chi connectivity index (χ4n) is 2.53. The summed E-state index contributed by atoms with van der Waals surface area (Å²) in [6.07, 6.45) is 0. The number of benzene rings is 2. The molecule has 4 rings (SSSR count). The van der Waals surface area contributed by atoms with Crippen LogP contribution in [-0.4, -0.2) is 9.78 Å². The van der Waals surface area contributed by atoms with Gasteiger partial charge in [0.1, 0.15) is 11.5 Å². The highest BCUT2D eigenvalue weighted by atomic mass is 32.1. The topological polar surface area (TPSA) is 55.9 Å². The molecule has 0 saturated heterocycles. The van der Waals surface area contributed by atoms with E-state index in [9.17, 15) is 0 Å². The van der Waals surface area contributed by atoms with E-state index in [1.807, 2.05) is 71.4 Å². The van der Waals surface area contributed by atoms with Crippen LogP contribution in [0.1, 0.15) is 0 Å². The number of nitrogens with one attached hydrogen (secondary N) is 1. The molecule has 0 aliphatic rings. The molecule has 118 valence electrons. The molecule has 0 aliphatic heterocycles. The Morgan fingerprint density at radius 2 is 1.71 bits per heavy atom. The summed E-state index contributed by atoms with van der Waals surface area (Å²) in [5.74, 6) is 0.877. The molecule has 0 fully saturated rings. The number of thiophene rings is 1. The molecule has 24 heavy (non-hydrogen) atoms. The van der Waals surface area contributed by atoms with Crippen molar-refractivity contribution < 1.29 is 0 Å². The maximum atomic E-state index is 6.07. The largest absolute Gasteiger partial charge is 0.397 e. The zero-order valence-electron chi connectivity index (χ0n) is 12.9. The van der Waals surface area contributed by atoms with Crippen LogP contribution < -0.4 is 11.1 Å². The molecule has 0 saturated carbocycles. The lowest BCUT2D eigenvalue weighted by molar-refractivity contribution is 0.893. The van der Waals surface area contributed by atoms with Crippen molar-refractivity contribution in [3.63, 3.8) is 0 Å². The molecule has 2 aromatic carbocycles. The molecule has 0 aliphatic carbocycles. The number of nitrogens with two attached hydrogens (primary N) is 1. The molecule has 0 bridgehead atoms. The van der Waals surface area contributed by atoms with Crippen molar-refractivity contribution in [2.45, 2.75) is 0 Å². The summed E-state index contributed by atoms with van der Waals surface area (Å²) in [5.41, 5.74) is 9.57. The zero-order chi connectivity index (χ0) is 16.4. The summed E-state index contributed by atoms with van der Waals surface area (Å²) >= 11 is 1.67. The smallest absolute Gasteiger partial charge is 0.134 e. The molecule has 0 amide bonds. The fourth-order valence-corrected chi connectivity index (χ4v) is 3.21. The lowest BCUT2D eigenvalue weighted by Crippen LogP contribution is -2.03. The van der Waals surface area contributed by atoms with Gasteiger partial charge in [-0.1, -0.05) is 36.4 Å². The second-order valence-corrected chi connectivity index (χ2v) is 6.30. The summed E-state index contributed by atoms with van der Waals surface area (Å²) in [6, 6.07) is 23.9. The number of rotatable bonds is 4. The summed E-state index contributed by atoms with van der Waals surface area (Å²) in [7, 11) is 0. The van der Waals surface area contributed by atoms with E-state index in [1.165, 1.54) is 0 Å². The lowest BCUT2D eigenvalue weighted by Gasteiger charge is -2.11. The predicted molar refractivity (Wildman–Crippen MR) is 101 cm³/mol. The average molecular weight is 332 g/mol. The van der Waals surface area contributed by atoms with Gasteiger partial charge < -0.3 is 11.1 Å². The van der Waals surface area contributed by atoms with E-state index in [-0.39, 0.29) is 0 Å². The van der Waals surface area contributed by atoms with Crippen LogP contribution in [0.4, 0.5) is 17.2 Å². The summed E-state index contributed by atoms with van der Waals surface area (Å²) in [6.45, 7) is 0. The third kappa shape index (κ3) is 2.77. The Labute approximate surface area is 144 Å². The number of para-hydroxylation sites is 3. The number of hydrogen-bond donors (Lipinski definition) is 2. The maximum absolute atomic E-state index is 6.07. The van der Waals surface area contributed by atoms with Crippen molar-refractivity contribution in [2.24, 2.45) is 0 Å². The molecule has 0 spiro atoms. The maximum Gasteiger partial charge on any atom is 0.134 e. The van der Waals surface area contributed by atoms with Crippen LogP contribution in [-0.2, 0) is 0 Å². The van der Waals surface area contributed by atoms with E-state index < -0.39 is 0 Å². The van der Waals surface area contributed by atoms with Crippen molar-refractivity contribution in [1.29, 1.82) is 0 Å². The van der Waals surface area contributed by atoms with Crippen LogP contribution in [0, 0.1) is 0 Å². The van der Waals surface area contributed by atoms with E-state index in [0.29, 0.717) is 5.69 Å². The third-order valence-corrected chi connectivity index (χ3v) is 4.60. The van der Waals surface area contributed by atoms with Crippen LogP contribution in [0.5, 0.6) is 0 Å². The van der Waals surface area contributed by atoms with Crippen LogP contribution in [0.25, 0.3) is 16.3 Å². The molecule has 4 nitrogen and oxygen atoms in total. The van der Waals surface area contributed by atoms with Crippen molar-refractivity contribution in [1.82, 2.24) is 9.78 Å². The molecule has 5 heteroatoms. The Kier molecular flexibility index (Phi) is 3.76. The van der Waals surface area contributed by atoms with Gasteiger partial charge in [0.2, 0.25) is 0 Å². The predicted octanol–water partition coefficient (Wildman–Crippen LogP) is 4.93. The molecular formula is C19H16N4S. The van der Waals surface area contributed by atoms with Crippen molar-refractivity contribution in [2.75, 3.05) is 11.1 Å². The lowest BCUT2D eigenvalue weighted by atomic mass is 10.2. The van der Waals surface area contributed by atoms with E-state index in [4.69, 9.17) is 10.8 Å². The minimum Gasteiger partial charge on any atom is -0.397 e. The van der Waals surface area contributed by atoms with E-state index in [0.717, 1.165) is 27.8 Å². The van der Waals surface area contributed by atoms with Crippen LogP contribution in [0.3, 0.4) is 0 Å². The Morgan fingerprint density at radius 1 is 0.917 bits per heavy atom. The first-order valence-electron chi connectivity index (χ1n) is 7.62. The van der Waals surface area contributed by atoms with Crippen LogP contribution in [0.2, 0.25) is 0 Å². The first-order chi connectivity index (χ1) is 11.8. The van der Waals surface area contributed by atoms with Crippen molar-refractivity contribution in [3.05, 3.63) is 78.2 Å². The van der Waals surface area contributed by atoms with Crippen molar-refractivity contribution in [3.8, 4) is 16.3 Å². The van der Waals surface area contributed by atoms with Gasteiger partial charge in [0.05, 0.1) is 21.9 Å². The minimum atomic E-state index is 0.705. The van der Waals surface area contributed by atoms with Gasteiger partial charge >= 0.3 is 0 Å². The first-order valence-corrected chi connectivity index (χ1v) is 8.50. The van der Waals surface area contributed by atoms with Gasteiger partial charge in [-0.3, -0.25) is 0 Å². The third-order valence-electron chi connectivity index (χ3n) is 3.71. The van der Waals surface area contributed by atoms with Gasteiger partial charge in [-0.05, 0) is 35.7 Å². The molecule has 3 N–H and O–H groups in total. The molecule has 0 atom stereocenters. The Bertz CT molecular complexity index is 943. The van der Waals surface area contributed by atoms with Gasteiger partial charge in [-0.25, -0.2) is 4.68 Å². The monoisotopic (exact) mass is 332 g/mol. The Hall–Kier alpha value is -3.05. The highest BCUT2D eigenvalue weighted by Crippen LogP contribution is 2.30. The van der Waals surface area contributed by atoms with Gasteiger partial charge in [0.15, 0.2) is 0 Å². The summed E-state index contributed by atoms with van der Waals surface area (Å²) in [4.78, 5) is 1.13. The quantitative estimate of drug-likeness (QED) is 0.521. The highest BCUT2D eigenvalue weighted by Gasteiger charge is 2.12. The number of nitrogen functional groups attached to an aromatic ring is 1. The van der Waals surface area contributed by atoms with Crippen LogP contribution in [0.15, 0.2) is 78.2 Å². The zero-order valence-corrected chi connectivity index (χ0v) is 13.7. The fraction of sp³-hybridized carbons (Fsp3) is 0. The van der Waals surface area contributed by atoms with Crippen molar-refractivity contribution >= 4 is 28.5 Å². The highest BCUT2D eigenvalue weighted by molar-refractivity contribution is 7.13. The molecule has 0 radical (unpaired) electrons. The number of hydrogen-bond acceptors (Lipinski definition) is 4. The van der Waals surface area contributed by atoms with E-state index >= 15 is 0 Å². The minimum absolute atomic E-state index is 0.705. The van der Waals surface area contributed by atoms with Gasteiger partial charge in [0.25, 0.3) is 0 Å². The molecule has 4 aromatic rings. The molecular weight excluding hydrogens is 316 g/mol. The average Bonchev–Trinajstić information content (AvgIpc) is 3.27. The van der Waals surface area contributed by atoms with Gasteiger partial charge in [0, 0.05) is 6.07 Å². The second kappa shape index (κ2) is 6.22. The number of anilines is 3. The second-order valence-electron chi connectivity index (χ2n) is 5.35. The summed E-state index contributed by atoms with van der Waals surface area (Å²) in [5, 5.41) is 10.2. The molecule has 0 unspecified atom stereocenters. The number of aromatic nitrogens is 2. The van der Waals surface area contributed by atoms with Crippen LogP contribution >= 0.6 is 11.3 Å². The number of nitrogens with zero attached hydrogens (tertiary/aromatic N) is 2. The Balaban J connectivity index is 1.81. The normalized spacial score (nSPS) is 10.7. The van der Waals surface area contributed by atoms with Gasteiger partial charge in [-0.2, -0.15) is 5.10 Å². The van der Waals surface area contributed by atoms with E-state index in [2.05, 4.69) is 16.8 Å².